The van der Waals surface area contributed by atoms with Crippen LogP contribution in [0.4, 0.5) is 0 Å². The van der Waals surface area contributed by atoms with Gasteiger partial charge in [-0.05, 0) is 17.9 Å². The third kappa shape index (κ3) is 71400. The van der Waals surface area contributed by atoms with Crippen molar-refractivity contribution in [3.05, 3.63) is 0 Å². The highest BCUT2D eigenvalue weighted by Gasteiger charge is 1.95. The molecule has 0 fully saturated rings. The van der Waals surface area contributed by atoms with E-state index in [-0.39, 0.29) is 0 Å². The van der Waals surface area contributed by atoms with Crippen LogP contribution < -0.4 is 0 Å². The molecule has 0 aliphatic heterocycles. The summed E-state index contributed by atoms with van der Waals surface area (Å²) in [6, 6.07) is 0. The molecule has 0 N–H and O–H groups in total. The lowest BCUT2D eigenvalue weighted by Gasteiger charge is -2.05. The van der Waals surface area contributed by atoms with Crippen LogP contribution in [0.5, 0.6) is 0 Å². The van der Waals surface area contributed by atoms with Crippen molar-refractivity contribution in [3.63, 3.8) is 0 Å². The van der Waals surface area contributed by atoms with E-state index in [0.29, 0.717) is 5.41 Å². The van der Waals surface area contributed by atoms with Gasteiger partial charge in [-0.1, -0.05) is 48.0 Å². The third-order valence-electron chi connectivity index (χ3n) is 0. The molecule has 0 aromatic carbocycles. The van der Waals surface area contributed by atoms with E-state index in [4.69, 9.17) is 0 Å². The molecule has 0 bridgehead atoms. The molecular weight excluding hydrogens is 280 g/mol. The topological polar surface area (TPSA) is 43.4 Å². The van der Waals surface area contributed by atoms with Gasteiger partial charge in [-0.3, -0.25) is 0 Å². The van der Waals surface area contributed by atoms with Gasteiger partial charge in [0.2, 0.25) is 0 Å². The van der Waals surface area contributed by atoms with E-state index in [0.717, 1.165) is 12.5 Å². The Hall–Kier alpha value is 0.260. The minimum Gasteiger partial charge on any atom is -0.388 e. The normalized spacial score (nSPS) is 9.05. The first-order valence-electron chi connectivity index (χ1n) is 6.20. The summed E-state index contributed by atoms with van der Waals surface area (Å²) >= 11 is 1.75. The Morgan fingerprint density at radius 2 is 0.947 bits per heavy atom. The Labute approximate surface area is 127 Å². The van der Waals surface area contributed by atoms with Crippen molar-refractivity contribution in [2.24, 2.45) is 5.41 Å². The van der Waals surface area contributed by atoms with Crippen molar-refractivity contribution >= 4 is 21.6 Å². The molecule has 0 saturated heterocycles. The minimum absolute atomic E-state index is 0.500. The lowest BCUT2D eigenvalue weighted by Crippen LogP contribution is -1.93. The molecular formula is C14H38O3S2. The van der Waals surface area contributed by atoms with Crippen molar-refractivity contribution < 1.29 is 13.2 Å². The fourth-order valence-electron chi connectivity index (χ4n) is 0. The Balaban J connectivity index is -0.0000000442. The van der Waals surface area contributed by atoms with Crippen LogP contribution in [-0.4, -0.2) is 47.7 Å². The zero-order chi connectivity index (χ0) is 17.1. The number of methoxy groups -OCH3 is 1. The van der Waals surface area contributed by atoms with Crippen molar-refractivity contribution in [3.8, 4) is 0 Å². The average molecular weight is 319 g/mol. The number of hydrogen-bond donors (Lipinski definition) is 0. The van der Waals surface area contributed by atoms with Crippen LogP contribution in [0.2, 0.25) is 0 Å². The second kappa shape index (κ2) is 23.4. The van der Waals surface area contributed by atoms with Crippen LogP contribution in [0, 0.1) is 5.41 Å². The lowest BCUT2D eigenvalue weighted by molar-refractivity contribution is 0.277. The summed E-state index contributed by atoms with van der Waals surface area (Å²) < 4.78 is 23.5. The van der Waals surface area contributed by atoms with Crippen molar-refractivity contribution in [1.29, 1.82) is 0 Å². The molecule has 5 heteroatoms. The second-order valence-corrected chi connectivity index (χ2v) is 8.77. The molecule has 0 heterocycles. The Bertz CT molecular complexity index is 186. The standard InChI is InChI=1S/C5H12.C3H8.C2H6O2S.C2H6O.C2H6S/c1-5(2,3)4;1-3-2;1-5(2,3)4;2*1-3-2/h1-4H3;3H2,1-2H3;1-2H3;2*1-2H3. The van der Waals surface area contributed by atoms with Crippen molar-refractivity contribution in [2.75, 3.05) is 39.2 Å². The van der Waals surface area contributed by atoms with Gasteiger partial charge in [-0.2, -0.15) is 11.8 Å². The number of sulfone groups is 1. The highest BCUT2D eigenvalue weighted by molar-refractivity contribution is 7.97. The molecule has 0 saturated carbocycles. The number of ether oxygens (including phenoxy) is 1. The van der Waals surface area contributed by atoms with Crippen LogP contribution in [0.3, 0.4) is 0 Å². The molecule has 0 amide bonds. The summed E-state index contributed by atoms with van der Waals surface area (Å²) in [5.41, 5.74) is 0.500. The lowest BCUT2D eigenvalue weighted by atomic mass is 10.0. The van der Waals surface area contributed by atoms with Crippen LogP contribution >= 0.6 is 11.8 Å². The average Bonchev–Trinajstić information content (AvgIpc) is 1.99. The first-order valence-corrected chi connectivity index (χ1v) is 10.1. The highest BCUT2D eigenvalue weighted by Crippen LogP contribution is 2.08. The van der Waals surface area contributed by atoms with Crippen LogP contribution in [0.1, 0.15) is 48.0 Å². The highest BCUT2D eigenvalue weighted by atomic mass is 32.2. The molecule has 0 aliphatic rings. The van der Waals surface area contributed by atoms with E-state index in [2.05, 4.69) is 46.3 Å². The maximum absolute atomic E-state index is 9.63. The van der Waals surface area contributed by atoms with E-state index in [9.17, 15) is 8.42 Å². The number of hydrogen-bond acceptors (Lipinski definition) is 4. The van der Waals surface area contributed by atoms with Gasteiger partial charge in [0.1, 0.15) is 9.84 Å². The van der Waals surface area contributed by atoms with Gasteiger partial charge in [0, 0.05) is 26.7 Å². The largest absolute Gasteiger partial charge is 0.388 e. The predicted octanol–water partition coefficient (Wildman–Crippen LogP) is 4.37. The van der Waals surface area contributed by atoms with Crippen molar-refractivity contribution in [2.45, 2.75) is 48.0 Å². The minimum atomic E-state index is -2.67. The molecule has 0 aromatic rings. The molecule has 0 spiro atoms. The van der Waals surface area contributed by atoms with Crippen LogP contribution in [0.15, 0.2) is 0 Å². The summed E-state index contributed by atoms with van der Waals surface area (Å²) in [5, 5.41) is 0. The van der Waals surface area contributed by atoms with Gasteiger partial charge in [-0.15, -0.1) is 0 Å². The zero-order valence-electron chi connectivity index (χ0n) is 15.2. The predicted molar refractivity (Wildman–Crippen MR) is 94.2 cm³/mol. The van der Waals surface area contributed by atoms with Crippen molar-refractivity contribution in [1.82, 2.24) is 0 Å². The Morgan fingerprint density at radius 3 is 0.947 bits per heavy atom. The quantitative estimate of drug-likeness (QED) is 0.665. The van der Waals surface area contributed by atoms with Gasteiger partial charge < -0.3 is 4.74 Å². The number of thioether (sulfide) groups is 1. The van der Waals surface area contributed by atoms with E-state index in [1.165, 1.54) is 6.42 Å². The van der Waals surface area contributed by atoms with E-state index in [1.54, 1.807) is 26.0 Å². The van der Waals surface area contributed by atoms with Gasteiger partial charge in [0.25, 0.3) is 0 Å². The molecule has 19 heavy (non-hydrogen) atoms. The maximum atomic E-state index is 9.63. The molecule has 0 radical (unpaired) electrons. The summed E-state index contributed by atoms with van der Waals surface area (Å²) in [4.78, 5) is 0. The van der Waals surface area contributed by atoms with E-state index in [1.807, 2.05) is 12.5 Å². The van der Waals surface area contributed by atoms with Gasteiger partial charge in [-0.25, -0.2) is 8.42 Å². The summed E-state index contributed by atoms with van der Waals surface area (Å²) in [6.45, 7) is 13.0. The summed E-state index contributed by atoms with van der Waals surface area (Å²) in [5.74, 6) is 0. The van der Waals surface area contributed by atoms with Crippen LogP contribution in [0.25, 0.3) is 0 Å². The molecule has 3 nitrogen and oxygen atoms in total. The smallest absolute Gasteiger partial charge is 0.144 e. The van der Waals surface area contributed by atoms with Gasteiger partial charge in [0.05, 0.1) is 0 Å². The molecule has 124 valence electrons. The van der Waals surface area contributed by atoms with Gasteiger partial charge in [0.15, 0.2) is 0 Å². The third-order valence-corrected chi connectivity index (χ3v) is 0. The molecule has 0 aromatic heterocycles. The summed E-state index contributed by atoms with van der Waals surface area (Å²) in [6.07, 6.45) is 7.65. The molecule has 0 rings (SSSR count). The Kier molecular flexibility index (Phi) is 38.8. The first kappa shape index (κ1) is 31.6. The van der Waals surface area contributed by atoms with Crippen LogP contribution in [-0.2, 0) is 14.6 Å². The Morgan fingerprint density at radius 1 is 0.947 bits per heavy atom. The molecule has 0 aliphatic carbocycles. The number of rotatable bonds is 0. The van der Waals surface area contributed by atoms with Gasteiger partial charge >= 0.3 is 0 Å². The molecule has 0 atom stereocenters. The van der Waals surface area contributed by atoms with E-state index < -0.39 is 9.84 Å². The fraction of sp³-hybridized carbons (Fsp3) is 1.00. The first-order chi connectivity index (χ1) is 8.24. The monoisotopic (exact) mass is 318 g/mol. The maximum Gasteiger partial charge on any atom is 0.144 e. The zero-order valence-corrected chi connectivity index (χ0v) is 16.9. The molecule has 0 unspecified atom stereocenters. The van der Waals surface area contributed by atoms with E-state index >= 15 is 0 Å². The second-order valence-electron chi connectivity index (χ2n) is 5.67. The fourth-order valence-corrected chi connectivity index (χ4v) is 0. The SMILES string of the molecule is CC(C)(C)C.CCC.COC.CS(C)(=O)=O.CSC. The summed E-state index contributed by atoms with van der Waals surface area (Å²) in [7, 11) is 0.583.